The Morgan fingerprint density at radius 3 is 2.67 bits per heavy atom. The highest BCUT2D eigenvalue weighted by Gasteiger charge is 2.36. The van der Waals surface area contributed by atoms with Crippen LogP contribution in [-0.2, 0) is 12.7 Å². The third-order valence-corrected chi connectivity index (χ3v) is 4.40. The Hall–Kier alpha value is -2.81. The Balaban J connectivity index is 1.84. The fraction of sp³-hybridized carbons (Fsp3) is 0.235. The van der Waals surface area contributed by atoms with Crippen molar-refractivity contribution >= 4 is 34.0 Å². The Bertz CT molecular complexity index is 1020. The standard InChI is InChI=1S/C17H14ClF3N4O2/c1-10-23-13-4-2-3-5-15(13)24(10)7-6-22-14-9-12(18)11(17(19,20)21)8-16(14)25(26)27/h2-5,8-9,22H,6-7H2,1H3. The Kier molecular flexibility index (Phi) is 4.97. The van der Waals surface area contributed by atoms with Crippen LogP contribution in [0.3, 0.4) is 0 Å². The topological polar surface area (TPSA) is 73.0 Å². The van der Waals surface area contributed by atoms with Crippen LogP contribution in [-0.4, -0.2) is 21.0 Å². The molecule has 27 heavy (non-hydrogen) atoms. The molecule has 0 amide bonds. The average Bonchev–Trinajstić information content (AvgIpc) is 2.89. The van der Waals surface area contributed by atoms with Gasteiger partial charge in [-0.2, -0.15) is 13.2 Å². The largest absolute Gasteiger partial charge is 0.418 e. The van der Waals surface area contributed by atoms with Crippen molar-refractivity contribution in [2.75, 3.05) is 11.9 Å². The summed E-state index contributed by atoms with van der Waals surface area (Å²) in [5, 5.41) is 13.4. The molecule has 0 bridgehead atoms. The van der Waals surface area contributed by atoms with Crippen molar-refractivity contribution in [2.24, 2.45) is 0 Å². The molecule has 0 aliphatic heterocycles. The van der Waals surface area contributed by atoms with Gasteiger partial charge in [0.05, 0.1) is 26.5 Å². The molecule has 1 aromatic heterocycles. The quantitative estimate of drug-likeness (QED) is 0.483. The summed E-state index contributed by atoms with van der Waals surface area (Å²) >= 11 is 5.67. The number of fused-ring (bicyclic) bond motifs is 1. The molecule has 0 fully saturated rings. The van der Waals surface area contributed by atoms with Gasteiger partial charge < -0.3 is 9.88 Å². The van der Waals surface area contributed by atoms with E-state index in [9.17, 15) is 23.3 Å². The van der Waals surface area contributed by atoms with Crippen LogP contribution in [0.5, 0.6) is 0 Å². The molecule has 0 unspecified atom stereocenters. The van der Waals surface area contributed by atoms with E-state index >= 15 is 0 Å². The normalized spacial score (nSPS) is 11.7. The molecular formula is C17H14ClF3N4O2. The molecule has 10 heteroatoms. The summed E-state index contributed by atoms with van der Waals surface area (Å²) in [7, 11) is 0. The predicted molar refractivity (Wildman–Crippen MR) is 96.1 cm³/mol. The number of para-hydroxylation sites is 2. The minimum atomic E-state index is -4.77. The molecule has 6 nitrogen and oxygen atoms in total. The molecule has 0 aliphatic rings. The van der Waals surface area contributed by atoms with Gasteiger partial charge in [0, 0.05) is 19.2 Å². The number of hydrogen-bond donors (Lipinski definition) is 1. The highest BCUT2D eigenvalue weighted by atomic mass is 35.5. The SMILES string of the molecule is Cc1nc2ccccc2n1CCNc1cc(Cl)c(C(F)(F)F)cc1[N+](=O)[O-]. The second-order valence-corrected chi connectivity index (χ2v) is 6.24. The molecular weight excluding hydrogens is 385 g/mol. The zero-order valence-corrected chi connectivity index (χ0v) is 14.8. The fourth-order valence-electron chi connectivity index (χ4n) is 2.85. The van der Waals surface area contributed by atoms with Crippen molar-refractivity contribution in [1.82, 2.24) is 9.55 Å². The van der Waals surface area contributed by atoms with Crippen molar-refractivity contribution in [2.45, 2.75) is 19.6 Å². The number of halogens is 4. The summed E-state index contributed by atoms with van der Waals surface area (Å²) in [6.07, 6.45) is -4.77. The lowest BCUT2D eigenvalue weighted by Crippen LogP contribution is -2.14. The van der Waals surface area contributed by atoms with Gasteiger partial charge in [-0.05, 0) is 25.1 Å². The van der Waals surface area contributed by atoms with Crippen LogP contribution >= 0.6 is 11.6 Å². The average molecular weight is 399 g/mol. The van der Waals surface area contributed by atoms with E-state index in [-0.39, 0.29) is 12.2 Å². The zero-order chi connectivity index (χ0) is 19.8. The first kappa shape index (κ1) is 19.0. The third kappa shape index (κ3) is 3.82. The number of benzene rings is 2. The van der Waals surface area contributed by atoms with E-state index in [1.165, 1.54) is 0 Å². The molecule has 1 heterocycles. The lowest BCUT2D eigenvalue weighted by molar-refractivity contribution is -0.384. The minimum absolute atomic E-state index is 0.0694. The number of nitro benzene ring substituents is 1. The highest BCUT2D eigenvalue weighted by molar-refractivity contribution is 6.31. The maximum Gasteiger partial charge on any atom is 0.418 e. The van der Waals surface area contributed by atoms with Crippen LogP contribution in [0.4, 0.5) is 24.5 Å². The Morgan fingerprint density at radius 2 is 2.00 bits per heavy atom. The summed E-state index contributed by atoms with van der Waals surface area (Å²) in [5.74, 6) is 0.762. The van der Waals surface area contributed by atoms with Crippen molar-refractivity contribution in [3.63, 3.8) is 0 Å². The summed E-state index contributed by atoms with van der Waals surface area (Å²) < 4.78 is 40.7. The van der Waals surface area contributed by atoms with E-state index in [1.54, 1.807) is 0 Å². The molecule has 2 aromatic carbocycles. The summed E-state index contributed by atoms with van der Waals surface area (Å²) in [6.45, 7) is 2.49. The maximum atomic E-state index is 12.9. The molecule has 1 N–H and O–H groups in total. The molecule has 0 saturated heterocycles. The van der Waals surface area contributed by atoms with Crippen molar-refractivity contribution in [3.8, 4) is 0 Å². The molecule has 0 aliphatic carbocycles. The molecule has 0 spiro atoms. The molecule has 0 saturated carbocycles. The molecule has 3 aromatic rings. The lowest BCUT2D eigenvalue weighted by atomic mass is 10.1. The Morgan fingerprint density at radius 1 is 1.30 bits per heavy atom. The van der Waals surface area contributed by atoms with Gasteiger partial charge in [0.25, 0.3) is 5.69 Å². The number of hydrogen-bond acceptors (Lipinski definition) is 4. The van der Waals surface area contributed by atoms with Crippen LogP contribution in [0.15, 0.2) is 36.4 Å². The van der Waals surface area contributed by atoms with Crippen LogP contribution in [0, 0.1) is 17.0 Å². The smallest absolute Gasteiger partial charge is 0.378 e. The Labute approximate surface area is 156 Å². The molecule has 142 valence electrons. The van der Waals surface area contributed by atoms with Gasteiger partial charge >= 0.3 is 6.18 Å². The van der Waals surface area contributed by atoms with Crippen LogP contribution in [0.1, 0.15) is 11.4 Å². The summed E-state index contributed by atoms with van der Waals surface area (Å²) in [4.78, 5) is 14.7. The number of alkyl halides is 3. The van der Waals surface area contributed by atoms with Gasteiger partial charge in [-0.3, -0.25) is 10.1 Å². The monoisotopic (exact) mass is 398 g/mol. The van der Waals surface area contributed by atoms with Gasteiger partial charge in [-0.1, -0.05) is 23.7 Å². The maximum absolute atomic E-state index is 12.9. The van der Waals surface area contributed by atoms with Crippen molar-refractivity contribution < 1.29 is 18.1 Å². The zero-order valence-electron chi connectivity index (χ0n) is 14.0. The molecule has 3 rings (SSSR count). The van der Waals surface area contributed by atoms with Crippen LogP contribution in [0.25, 0.3) is 11.0 Å². The number of rotatable bonds is 5. The van der Waals surface area contributed by atoms with E-state index in [0.29, 0.717) is 12.6 Å². The van der Waals surface area contributed by atoms with Crippen molar-refractivity contribution in [1.29, 1.82) is 0 Å². The molecule has 0 atom stereocenters. The van der Waals surface area contributed by atoms with Crippen LogP contribution in [0.2, 0.25) is 5.02 Å². The number of aromatic nitrogens is 2. The van der Waals surface area contributed by atoms with Gasteiger partial charge in [0.2, 0.25) is 0 Å². The van der Waals surface area contributed by atoms with E-state index in [0.717, 1.165) is 22.9 Å². The first-order valence-corrected chi connectivity index (χ1v) is 8.27. The highest BCUT2D eigenvalue weighted by Crippen LogP contribution is 2.40. The van der Waals surface area contributed by atoms with E-state index < -0.39 is 27.4 Å². The van der Waals surface area contributed by atoms with Gasteiger partial charge in [-0.15, -0.1) is 0 Å². The van der Waals surface area contributed by atoms with Gasteiger partial charge in [-0.25, -0.2) is 4.98 Å². The van der Waals surface area contributed by atoms with Gasteiger partial charge in [0.15, 0.2) is 0 Å². The molecule has 0 radical (unpaired) electrons. The lowest BCUT2D eigenvalue weighted by Gasteiger charge is -2.13. The van der Waals surface area contributed by atoms with Crippen LogP contribution < -0.4 is 5.32 Å². The summed E-state index contributed by atoms with van der Waals surface area (Å²) in [5.41, 5.74) is -0.271. The number of nitrogens with one attached hydrogen (secondary N) is 1. The van der Waals surface area contributed by atoms with E-state index in [1.807, 2.05) is 35.8 Å². The van der Waals surface area contributed by atoms with Crippen molar-refractivity contribution in [3.05, 3.63) is 62.9 Å². The second kappa shape index (κ2) is 7.07. The predicted octanol–water partition coefficient (Wildman–Crippen LogP) is 5.04. The fourth-order valence-corrected chi connectivity index (χ4v) is 3.12. The third-order valence-electron chi connectivity index (χ3n) is 4.08. The first-order chi connectivity index (χ1) is 12.7. The van der Waals surface area contributed by atoms with E-state index in [2.05, 4.69) is 10.3 Å². The van der Waals surface area contributed by atoms with Gasteiger partial charge in [0.1, 0.15) is 11.5 Å². The number of nitrogens with zero attached hydrogens (tertiary/aromatic N) is 3. The minimum Gasteiger partial charge on any atom is -0.378 e. The number of anilines is 1. The summed E-state index contributed by atoms with van der Waals surface area (Å²) in [6, 6.07) is 8.88. The number of imidazole rings is 1. The van der Waals surface area contributed by atoms with E-state index in [4.69, 9.17) is 11.6 Å². The first-order valence-electron chi connectivity index (χ1n) is 7.89. The number of nitro groups is 1. The second-order valence-electron chi connectivity index (χ2n) is 5.83. The number of aryl methyl sites for hydroxylation is 1.